The Kier molecular flexibility index (Phi) is 2.44. The molecule has 3 nitrogen and oxygen atoms in total. The van der Waals surface area contributed by atoms with Gasteiger partial charge in [0.2, 0.25) is 0 Å². The van der Waals surface area contributed by atoms with Crippen molar-refractivity contribution in [2.75, 3.05) is 31.1 Å². The molecule has 1 unspecified atom stereocenters. The van der Waals surface area contributed by atoms with Crippen LogP contribution in [-0.2, 0) is 0 Å². The summed E-state index contributed by atoms with van der Waals surface area (Å²) < 4.78 is 0. The summed E-state index contributed by atoms with van der Waals surface area (Å²) in [6, 6.07) is 0. The van der Waals surface area contributed by atoms with Crippen LogP contribution in [0, 0.1) is 19.3 Å². The lowest BCUT2D eigenvalue weighted by Gasteiger charge is -2.22. The fraction of sp³-hybridized carbons (Fsp3) is 0.750. The van der Waals surface area contributed by atoms with Crippen molar-refractivity contribution in [1.29, 1.82) is 0 Å². The fourth-order valence-corrected chi connectivity index (χ4v) is 3.77. The number of hydrogen-bond donors (Lipinski definition) is 1. The standard InChI is InChI=1S/C12H19N3S/c1-9-10(2)16-11(14-9)15-6-4-12(8-15)3-5-13-7-12/h13H,3-8H2,1-2H3. The van der Waals surface area contributed by atoms with Crippen molar-refractivity contribution in [3.8, 4) is 0 Å². The minimum absolute atomic E-state index is 0.549. The van der Waals surface area contributed by atoms with Gasteiger partial charge in [-0.15, -0.1) is 11.3 Å². The van der Waals surface area contributed by atoms with Crippen LogP contribution in [0.25, 0.3) is 0 Å². The monoisotopic (exact) mass is 237 g/mol. The molecule has 1 spiro atoms. The zero-order valence-electron chi connectivity index (χ0n) is 10.0. The Morgan fingerprint density at radius 1 is 1.38 bits per heavy atom. The molecule has 3 heterocycles. The Hall–Kier alpha value is -0.610. The second kappa shape index (κ2) is 3.70. The Bertz CT molecular complexity index is 373. The number of aryl methyl sites for hydroxylation is 2. The van der Waals surface area contributed by atoms with Crippen LogP contribution in [0.4, 0.5) is 5.13 Å². The highest BCUT2D eigenvalue weighted by molar-refractivity contribution is 7.15. The molecule has 0 radical (unpaired) electrons. The highest BCUT2D eigenvalue weighted by Crippen LogP contribution is 2.39. The van der Waals surface area contributed by atoms with Crippen LogP contribution in [0.3, 0.4) is 0 Å². The molecule has 1 N–H and O–H groups in total. The number of thiazole rings is 1. The molecule has 4 heteroatoms. The van der Waals surface area contributed by atoms with Crippen molar-refractivity contribution >= 4 is 16.5 Å². The second-order valence-electron chi connectivity index (χ2n) is 5.24. The zero-order chi connectivity index (χ0) is 11.2. The van der Waals surface area contributed by atoms with Gasteiger partial charge in [-0.05, 0) is 33.2 Å². The predicted octanol–water partition coefficient (Wildman–Crippen LogP) is 1.95. The lowest BCUT2D eigenvalue weighted by atomic mass is 9.87. The molecule has 1 aromatic rings. The molecule has 1 atom stereocenters. The van der Waals surface area contributed by atoms with Crippen molar-refractivity contribution in [1.82, 2.24) is 10.3 Å². The largest absolute Gasteiger partial charge is 0.347 e. The molecule has 16 heavy (non-hydrogen) atoms. The van der Waals surface area contributed by atoms with Crippen molar-refractivity contribution in [2.24, 2.45) is 5.41 Å². The molecule has 1 aromatic heterocycles. The third-order valence-electron chi connectivity index (χ3n) is 4.06. The lowest BCUT2D eigenvalue weighted by molar-refractivity contribution is 0.369. The van der Waals surface area contributed by atoms with Crippen LogP contribution in [0.15, 0.2) is 0 Å². The van der Waals surface area contributed by atoms with Gasteiger partial charge in [-0.1, -0.05) is 0 Å². The number of rotatable bonds is 1. The summed E-state index contributed by atoms with van der Waals surface area (Å²) in [7, 11) is 0. The summed E-state index contributed by atoms with van der Waals surface area (Å²) >= 11 is 1.85. The van der Waals surface area contributed by atoms with E-state index in [0.717, 1.165) is 0 Å². The van der Waals surface area contributed by atoms with E-state index >= 15 is 0 Å². The van der Waals surface area contributed by atoms with Crippen LogP contribution in [0.1, 0.15) is 23.4 Å². The number of nitrogens with one attached hydrogen (secondary N) is 1. The summed E-state index contributed by atoms with van der Waals surface area (Å²) in [6.45, 7) is 9.06. The molecular formula is C12H19N3S. The summed E-state index contributed by atoms with van der Waals surface area (Å²) in [4.78, 5) is 8.52. The first-order valence-corrected chi connectivity index (χ1v) is 6.90. The first-order valence-electron chi connectivity index (χ1n) is 6.08. The molecule has 0 aromatic carbocycles. The van der Waals surface area contributed by atoms with Gasteiger partial charge in [-0.2, -0.15) is 0 Å². The Morgan fingerprint density at radius 3 is 2.88 bits per heavy atom. The minimum Gasteiger partial charge on any atom is -0.347 e. The lowest BCUT2D eigenvalue weighted by Crippen LogP contribution is -2.29. The van der Waals surface area contributed by atoms with Gasteiger partial charge in [0, 0.05) is 29.9 Å². The van der Waals surface area contributed by atoms with Gasteiger partial charge in [0.15, 0.2) is 5.13 Å². The average molecular weight is 237 g/mol. The average Bonchev–Trinajstić information content (AvgIpc) is 2.94. The topological polar surface area (TPSA) is 28.2 Å². The first-order chi connectivity index (χ1) is 7.69. The molecule has 2 saturated heterocycles. The van der Waals surface area contributed by atoms with Crippen molar-refractivity contribution in [2.45, 2.75) is 26.7 Å². The van der Waals surface area contributed by atoms with E-state index < -0.39 is 0 Å². The third kappa shape index (κ3) is 1.64. The minimum atomic E-state index is 0.549. The van der Waals surface area contributed by atoms with E-state index in [2.05, 4.69) is 29.0 Å². The molecule has 0 amide bonds. The maximum Gasteiger partial charge on any atom is 0.185 e. The number of nitrogens with zero attached hydrogens (tertiary/aromatic N) is 2. The summed E-state index contributed by atoms with van der Waals surface area (Å²) in [5, 5.41) is 4.73. The van der Waals surface area contributed by atoms with Crippen LogP contribution < -0.4 is 10.2 Å². The normalized spacial score (nSPS) is 29.5. The predicted molar refractivity (Wildman–Crippen MR) is 68.3 cm³/mol. The summed E-state index contributed by atoms with van der Waals surface area (Å²) in [6.07, 6.45) is 2.67. The SMILES string of the molecule is Cc1nc(N2CCC3(CCNC3)C2)sc1C. The highest BCUT2D eigenvalue weighted by Gasteiger charge is 2.41. The molecular weight excluding hydrogens is 218 g/mol. The van der Waals surface area contributed by atoms with E-state index in [-0.39, 0.29) is 0 Å². The Balaban J connectivity index is 1.78. The van der Waals surface area contributed by atoms with E-state index in [9.17, 15) is 0 Å². The number of aromatic nitrogens is 1. The molecule has 88 valence electrons. The summed E-state index contributed by atoms with van der Waals surface area (Å²) in [5.74, 6) is 0. The maximum absolute atomic E-state index is 4.67. The van der Waals surface area contributed by atoms with Crippen LogP contribution in [0.5, 0.6) is 0 Å². The van der Waals surface area contributed by atoms with Crippen molar-refractivity contribution in [3.63, 3.8) is 0 Å². The van der Waals surface area contributed by atoms with Gasteiger partial charge in [-0.25, -0.2) is 4.98 Å². The van der Waals surface area contributed by atoms with E-state index in [4.69, 9.17) is 0 Å². The van der Waals surface area contributed by atoms with Gasteiger partial charge < -0.3 is 10.2 Å². The zero-order valence-corrected chi connectivity index (χ0v) is 10.9. The molecule has 2 aliphatic rings. The number of hydrogen-bond acceptors (Lipinski definition) is 4. The molecule has 0 bridgehead atoms. The Labute approximate surface area is 101 Å². The van der Waals surface area contributed by atoms with E-state index in [1.165, 1.54) is 54.7 Å². The fourth-order valence-electron chi connectivity index (χ4n) is 2.83. The van der Waals surface area contributed by atoms with Gasteiger partial charge in [0.05, 0.1) is 5.69 Å². The van der Waals surface area contributed by atoms with E-state index in [1.807, 2.05) is 11.3 Å². The first kappa shape index (κ1) is 10.5. The van der Waals surface area contributed by atoms with Crippen LogP contribution >= 0.6 is 11.3 Å². The molecule has 3 rings (SSSR count). The van der Waals surface area contributed by atoms with Gasteiger partial charge >= 0.3 is 0 Å². The molecule has 0 saturated carbocycles. The molecule has 2 fully saturated rings. The Morgan fingerprint density at radius 2 is 2.25 bits per heavy atom. The second-order valence-corrected chi connectivity index (χ2v) is 6.42. The van der Waals surface area contributed by atoms with Crippen LogP contribution in [0.2, 0.25) is 0 Å². The maximum atomic E-state index is 4.67. The smallest absolute Gasteiger partial charge is 0.185 e. The number of anilines is 1. The highest BCUT2D eigenvalue weighted by atomic mass is 32.1. The van der Waals surface area contributed by atoms with Crippen molar-refractivity contribution in [3.05, 3.63) is 10.6 Å². The summed E-state index contributed by atoms with van der Waals surface area (Å²) in [5.41, 5.74) is 1.75. The molecule has 0 aliphatic carbocycles. The third-order valence-corrected chi connectivity index (χ3v) is 5.19. The van der Waals surface area contributed by atoms with E-state index in [1.54, 1.807) is 0 Å². The van der Waals surface area contributed by atoms with Crippen LogP contribution in [-0.4, -0.2) is 31.2 Å². The quantitative estimate of drug-likeness (QED) is 0.809. The van der Waals surface area contributed by atoms with Crippen molar-refractivity contribution < 1.29 is 0 Å². The molecule has 2 aliphatic heterocycles. The van der Waals surface area contributed by atoms with Gasteiger partial charge in [0.1, 0.15) is 0 Å². The van der Waals surface area contributed by atoms with E-state index in [0.29, 0.717) is 5.41 Å². The van der Waals surface area contributed by atoms with Gasteiger partial charge in [-0.3, -0.25) is 0 Å². The van der Waals surface area contributed by atoms with Gasteiger partial charge in [0.25, 0.3) is 0 Å².